The van der Waals surface area contributed by atoms with Gasteiger partial charge in [-0.3, -0.25) is 14.4 Å². The summed E-state index contributed by atoms with van der Waals surface area (Å²) in [7, 11) is 0. The van der Waals surface area contributed by atoms with E-state index < -0.39 is 48.6 Å². The molecule has 2 aliphatic rings. The van der Waals surface area contributed by atoms with Crippen molar-refractivity contribution in [2.75, 3.05) is 19.7 Å². The molecule has 0 aliphatic carbocycles. The number of nitrogens with one attached hydrogen (secondary N) is 3. The van der Waals surface area contributed by atoms with E-state index in [2.05, 4.69) is 16.0 Å². The molecule has 2 heterocycles. The van der Waals surface area contributed by atoms with Gasteiger partial charge in [0.25, 0.3) is 0 Å². The number of aliphatic carboxylic acids is 1. The van der Waals surface area contributed by atoms with Crippen molar-refractivity contribution in [3.05, 3.63) is 29.8 Å². The zero-order chi connectivity index (χ0) is 24.0. The number of hydrogen-bond donors (Lipinski definition) is 6. The summed E-state index contributed by atoms with van der Waals surface area (Å²) in [5.74, 6) is -2.77. The predicted octanol–water partition coefficient (Wildman–Crippen LogP) is -1.28. The Kier molecular flexibility index (Phi) is 8.23. The Labute approximate surface area is 191 Å². The van der Waals surface area contributed by atoms with Gasteiger partial charge < -0.3 is 36.2 Å². The van der Waals surface area contributed by atoms with Crippen LogP contribution in [0.4, 0.5) is 0 Å². The number of nitrogens with zero attached hydrogens (tertiary/aromatic N) is 1. The van der Waals surface area contributed by atoms with Crippen LogP contribution in [0.25, 0.3) is 0 Å². The molecule has 1 aromatic rings. The predicted molar refractivity (Wildman–Crippen MR) is 116 cm³/mol. The normalized spacial score (nSPS) is 21.9. The molecule has 0 saturated carbocycles. The fourth-order valence-corrected chi connectivity index (χ4v) is 4.20. The number of carboxylic acids is 1. The number of benzene rings is 1. The molecule has 11 nitrogen and oxygen atoms in total. The quantitative estimate of drug-likeness (QED) is 0.264. The van der Waals surface area contributed by atoms with E-state index in [-0.39, 0.29) is 24.6 Å². The number of aliphatic hydroxyl groups is 1. The number of hydrogen-bond acceptors (Lipinski definition) is 7. The molecule has 2 aliphatic heterocycles. The summed E-state index contributed by atoms with van der Waals surface area (Å²) in [6.07, 6.45) is 2.40. The van der Waals surface area contributed by atoms with Crippen LogP contribution in [0.3, 0.4) is 0 Å². The Bertz CT molecular complexity index is 870. The van der Waals surface area contributed by atoms with Crippen molar-refractivity contribution >= 4 is 23.7 Å². The molecule has 0 radical (unpaired) electrons. The van der Waals surface area contributed by atoms with Gasteiger partial charge in [0.05, 0.1) is 12.6 Å². The highest BCUT2D eigenvalue weighted by Crippen LogP contribution is 2.19. The van der Waals surface area contributed by atoms with Crippen molar-refractivity contribution in [1.82, 2.24) is 20.9 Å². The molecule has 11 heteroatoms. The van der Waals surface area contributed by atoms with E-state index in [4.69, 9.17) is 0 Å². The molecule has 3 rings (SSSR count). The van der Waals surface area contributed by atoms with Gasteiger partial charge in [-0.25, -0.2) is 4.79 Å². The fraction of sp³-hybridized carbons (Fsp3) is 0.545. The maximum absolute atomic E-state index is 13.1. The lowest BCUT2D eigenvalue weighted by Gasteiger charge is -2.28. The van der Waals surface area contributed by atoms with E-state index in [9.17, 15) is 34.5 Å². The van der Waals surface area contributed by atoms with Crippen LogP contribution in [0.2, 0.25) is 0 Å². The minimum atomic E-state index is -1.33. The maximum Gasteiger partial charge on any atom is 0.326 e. The van der Waals surface area contributed by atoms with Crippen LogP contribution in [-0.4, -0.2) is 87.8 Å². The molecule has 4 unspecified atom stereocenters. The van der Waals surface area contributed by atoms with Gasteiger partial charge in [-0.1, -0.05) is 12.1 Å². The summed E-state index contributed by atoms with van der Waals surface area (Å²) >= 11 is 0. The second-order valence-corrected chi connectivity index (χ2v) is 8.35. The molecular formula is C22H30N4O7. The average molecular weight is 463 g/mol. The molecule has 0 aromatic heterocycles. The molecule has 180 valence electrons. The number of carboxylic acid groups (broad SMARTS) is 1. The maximum atomic E-state index is 13.1. The van der Waals surface area contributed by atoms with Crippen LogP contribution >= 0.6 is 0 Å². The first kappa shape index (κ1) is 24.5. The Morgan fingerprint density at radius 3 is 2.39 bits per heavy atom. The molecule has 6 N–H and O–H groups in total. The molecule has 0 bridgehead atoms. The van der Waals surface area contributed by atoms with E-state index in [0.29, 0.717) is 31.4 Å². The zero-order valence-corrected chi connectivity index (χ0v) is 18.2. The minimum absolute atomic E-state index is 0.0588. The van der Waals surface area contributed by atoms with E-state index in [1.165, 1.54) is 12.1 Å². The monoisotopic (exact) mass is 462 g/mol. The molecule has 2 saturated heterocycles. The molecule has 2 fully saturated rings. The molecule has 0 spiro atoms. The van der Waals surface area contributed by atoms with Crippen LogP contribution in [0.5, 0.6) is 5.75 Å². The lowest BCUT2D eigenvalue weighted by atomic mass is 10.0. The number of phenolic OH excluding ortho intramolecular Hbond substituents is 1. The highest BCUT2D eigenvalue weighted by Gasteiger charge is 2.38. The summed E-state index contributed by atoms with van der Waals surface area (Å²) in [6.45, 7) is 0.218. The van der Waals surface area contributed by atoms with Crippen molar-refractivity contribution in [2.45, 2.75) is 56.3 Å². The second kappa shape index (κ2) is 11.1. The first-order valence-electron chi connectivity index (χ1n) is 11.1. The Morgan fingerprint density at radius 2 is 1.79 bits per heavy atom. The van der Waals surface area contributed by atoms with E-state index in [1.54, 1.807) is 12.1 Å². The van der Waals surface area contributed by atoms with E-state index >= 15 is 0 Å². The van der Waals surface area contributed by atoms with Crippen LogP contribution in [0.1, 0.15) is 31.2 Å². The van der Waals surface area contributed by atoms with Gasteiger partial charge in [-0.15, -0.1) is 0 Å². The molecule has 3 amide bonds. The van der Waals surface area contributed by atoms with E-state index in [0.717, 1.165) is 11.3 Å². The number of carbonyl (C=O) groups excluding carboxylic acids is 3. The number of aliphatic hydroxyl groups excluding tert-OH is 1. The van der Waals surface area contributed by atoms with Gasteiger partial charge in [0.2, 0.25) is 17.7 Å². The Hall–Kier alpha value is -3.18. The number of likely N-dealkylation sites (tertiary alicyclic amines) is 1. The largest absolute Gasteiger partial charge is 0.508 e. The minimum Gasteiger partial charge on any atom is -0.508 e. The van der Waals surface area contributed by atoms with Crippen molar-refractivity contribution in [3.8, 4) is 5.75 Å². The smallest absolute Gasteiger partial charge is 0.326 e. The van der Waals surface area contributed by atoms with Crippen molar-refractivity contribution in [1.29, 1.82) is 0 Å². The molecule has 33 heavy (non-hydrogen) atoms. The average Bonchev–Trinajstić information content (AvgIpc) is 3.50. The summed E-state index contributed by atoms with van der Waals surface area (Å²) < 4.78 is 0. The number of phenols is 1. The van der Waals surface area contributed by atoms with Gasteiger partial charge in [0, 0.05) is 13.0 Å². The first-order chi connectivity index (χ1) is 15.8. The van der Waals surface area contributed by atoms with Gasteiger partial charge in [0.15, 0.2) is 0 Å². The summed E-state index contributed by atoms with van der Waals surface area (Å²) in [6, 6.07) is 2.37. The number of rotatable bonds is 9. The van der Waals surface area contributed by atoms with Crippen molar-refractivity contribution in [3.63, 3.8) is 0 Å². The Balaban J connectivity index is 1.72. The van der Waals surface area contributed by atoms with Crippen molar-refractivity contribution in [2.24, 2.45) is 0 Å². The molecule has 4 atom stereocenters. The topological polar surface area (TPSA) is 168 Å². The van der Waals surface area contributed by atoms with Gasteiger partial charge in [-0.2, -0.15) is 0 Å². The van der Waals surface area contributed by atoms with E-state index in [1.807, 2.05) is 0 Å². The Morgan fingerprint density at radius 1 is 1.06 bits per heavy atom. The lowest BCUT2D eigenvalue weighted by Crippen LogP contribution is -2.58. The standard InChI is InChI=1S/C22H30N4O7/c27-12-17(21(31)26-10-2-4-18(26)22(32)33)25-20(30)16(11-13-5-7-14(28)8-6-13)24-19(29)15-3-1-9-23-15/h5-8,15-18,23,27-28H,1-4,9-12H2,(H,24,29)(H,25,30)(H,32,33). The lowest BCUT2D eigenvalue weighted by molar-refractivity contribution is -0.150. The van der Waals surface area contributed by atoms with Gasteiger partial charge >= 0.3 is 5.97 Å². The molecular weight excluding hydrogens is 432 g/mol. The van der Waals surface area contributed by atoms with Crippen LogP contribution in [0, 0.1) is 0 Å². The van der Waals surface area contributed by atoms with Crippen molar-refractivity contribution < 1.29 is 34.5 Å². The SMILES string of the molecule is O=C(NC(Cc1ccc(O)cc1)C(=O)NC(CO)C(=O)N1CCCC1C(=O)O)C1CCCN1. The number of amides is 3. The summed E-state index contributed by atoms with van der Waals surface area (Å²) in [5.41, 5.74) is 0.671. The highest BCUT2D eigenvalue weighted by atomic mass is 16.4. The number of aromatic hydroxyl groups is 1. The third kappa shape index (κ3) is 6.20. The van der Waals surface area contributed by atoms with Crippen LogP contribution < -0.4 is 16.0 Å². The second-order valence-electron chi connectivity index (χ2n) is 8.35. The van der Waals surface area contributed by atoms with Gasteiger partial charge in [0.1, 0.15) is 23.9 Å². The summed E-state index contributed by atoms with van der Waals surface area (Å²) in [5, 5.41) is 36.8. The zero-order valence-electron chi connectivity index (χ0n) is 18.2. The molecule has 1 aromatic carbocycles. The first-order valence-corrected chi connectivity index (χ1v) is 11.1. The third-order valence-electron chi connectivity index (χ3n) is 6.00. The van der Waals surface area contributed by atoms with Crippen LogP contribution in [0.15, 0.2) is 24.3 Å². The fourth-order valence-electron chi connectivity index (χ4n) is 4.20. The number of carbonyl (C=O) groups is 4. The third-order valence-corrected chi connectivity index (χ3v) is 6.00. The van der Waals surface area contributed by atoms with Gasteiger partial charge in [-0.05, 0) is 49.9 Å². The summed E-state index contributed by atoms with van der Waals surface area (Å²) in [4.78, 5) is 51.1. The van der Waals surface area contributed by atoms with Crippen LogP contribution in [-0.2, 0) is 25.6 Å². The highest BCUT2D eigenvalue weighted by molar-refractivity contribution is 5.94.